The summed E-state index contributed by atoms with van der Waals surface area (Å²) in [5.74, 6) is 0.431. The van der Waals surface area contributed by atoms with Gasteiger partial charge in [-0.25, -0.2) is 0 Å². The molecule has 2 fully saturated rings. The summed E-state index contributed by atoms with van der Waals surface area (Å²) >= 11 is 0. The molecule has 1 aliphatic heterocycles. The van der Waals surface area contributed by atoms with E-state index in [0.29, 0.717) is 11.9 Å². The average Bonchev–Trinajstić information content (AvgIpc) is 2.78. The summed E-state index contributed by atoms with van der Waals surface area (Å²) in [6.07, 6.45) is 5.72. The minimum absolute atomic E-state index is 0.00292. The van der Waals surface area contributed by atoms with Gasteiger partial charge < -0.3 is 10.2 Å². The molecule has 2 rings (SSSR count). The fraction of sp³-hybridized carbons (Fsp3) is 0.923. The molecule has 3 nitrogen and oxygen atoms in total. The summed E-state index contributed by atoms with van der Waals surface area (Å²) in [6, 6.07) is 0.452. The van der Waals surface area contributed by atoms with E-state index in [9.17, 15) is 4.79 Å². The van der Waals surface area contributed by atoms with Gasteiger partial charge in [-0.05, 0) is 26.2 Å². The largest absolute Gasteiger partial charge is 0.339 e. The van der Waals surface area contributed by atoms with Crippen LogP contribution < -0.4 is 5.32 Å². The Bertz CT molecular complexity index is 259. The van der Waals surface area contributed by atoms with Gasteiger partial charge in [0.15, 0.2) is 0 Å². The van der Waals surface area contributed by atoms with E-state index in [2.05, 4.69) is 24.1 Å². The van der Waals surface area contributed by atoms with Gasteiger partial charge in [0, 0.05) is 31.1 Å². The smallest absolute Gasteiger partial charge is 0.228 e. The Morgan fingerprint density at radius 3 is 2.69 bits per heavy atom. The number of hydrogen-bond donors (Lipinski definition) is 1. The highest BCUT2D eigenvalue weighted by Crippen LogP contribution is 2.42. The molecule has 0 aromatic carbocycles. The maximum atomic E-state index is 12.6. The number of carbonyl (C=O) groups excluding carboxylic acids is 1. The molecule has 0 bridgehead atoms. The Morgan fingerprint density at radius 2 is 2.12 bits per heavy atom. The minimum Gasteiger partial charge on any atom is -0.339 e. The van der Waals surface area contributed by atoms with Crippen molar-refractivity contribution in [3.05, 3.63) is 0 Å². The molecule has 1 amide bonds. The van der Waals surface area contributed by atoms with Gasteiger partial charge in [0.25, 0.3) is 0 Å². The lowest BCUT2D eigenvalue weighted by molar-refractivity contribution is -0.143. The number of hydrogen-bond acceptors (Lipinski definition) is 2. The molecule has 1 N–H and O–H groups in total. The zero-order valence-corrected chi connectivity index (χ0v) is 10.6. The molecule has 1 atom stereocenters. The molecule has 2 aliphatic rings. The van der Waals surface area contributed by atoms with Crippen LogP contribution in [0.5, 0.6) is 0 Å². The van der Waals surface area contributed by atoms with Crippen LogP contribution in [0, 0.1) is 5.41 Å². The molecule has 1 saturated heterocycles. The predicted octanol–water partition coefficient (Wildman–Crippen LogP) is 1.78. The minimum atomic E-state index is -0.00292. The zero-order valence-electron chi connectivity index (χ0n) is 10.6. The topological polar surface area (TPSA) is 32.3 Å². The van der Waals surface area contributed by atoms with Crippen LogP contribution in [-0.4, -0.2) is 36.5 Å². The van der Waals surface area contributed by atoms with E-state index in [1.807, 2.05) is 0 Å². The van der Waals surface area contributed by atoms with E-state index in [0.717, 1.165) is 38.9 Å². The number of nitrogens with zero attached hydrogens (tertiary/aromatic N) is 1. The second-order valence-electron chi connectivity index (χ2n) is 5.45. The van der Waals surface area contributed by atoms with Crippen LogP contribution in [0.1, 0.15) is 46.0 Å². The lowest BCUT2D eigenvalue weighted by Crippen LogP contribution is -2.54. The molecule has 0 radical (unpaired) electrons. The maximum absolute atomic E-state index is 12.6. The van der Waals surface area contributed by atoms with Crippen molar-refractivity contribution in [2.24, 2.45) is 5.41 Å². The van der Waals surface area contributed by atoms with Gasteiger partial charge >= 0.3 is 0 Å². The van der Waals surface area contributed by atoms with Crippen molar-refractivity contribution in [3.63, 3.8) is 0 Å². The summed E-state index contributed by atoms with van der Waals surface area (Å²) in [5, 5.41) is 3.39. The first kappa shape index (κ1) is 11.9. The van der Waals surface area contributed by atoms with Crippen molar-refractivity contribution in [1.82, 2.24) is 10.2 Å². The van der Waals surface area contributed by atoms with Gasteiger partial charge in [0.2, 0.25) is 5.91 Å². The standard InChI is InChI=1S/C13H24N2O/c1-3-13(6-4-5-7-13)12(16)15-9-8-14-11(2)10-15/h11,14H,3-10H2,1-2H3/t11-/m1/s1. The monoisotopic (exact) mass is 224 g/mol. The average molecular weight is 224 g/mol. The van der Waals surface area contributed by atoms with Crippen LogP contribution in [0.2, 0.25) is 0 Å². The molecule has 0 aromatic heterocycles. The molecule has 0 aromatic rings. The molecule has 1 aliphatic carbocycles. The Hall–Kier alpha value is -0.570. The lowest BCUT2D eigenvalue weighted by atomic mass is 9.81. The number of piperazine rings is 1. The number of nitrogens with one attached hydrogen (secondary N) is 1. The lowest BCUT2D eigenvalue weighted by Gasteiger charge is -2.38. The van der Waals surface area contributed by atoms with E-state index in [1.54, 1.807) is 0 Å². The van der Waals surface area contributed by atoms with Crippen molar-refractivity contribution < 1.29 is 4.79 Å². The van der Waals surface area contributed by atoms with Crippen molar-refractivity contribution in [2.45, 2.75) is 52.0 Å². The summed E-state index contributed by atoms with van der Waals surface area (Å²) in [7, 11) is 0. The van der Waals surface area contributed by atoms with E-state index in [4.69, 9.17) is 0 Å². The third-order valence-electron chi connectivity index (χ3n) is 4.35. The molecule has 0 spiro atoms. The second-order valence-corrected chi connectivity index (χ2v) is 5.45. The van der Waals surface area contributed by atoms with Crippen molar-refractivity contribution in [2.75, 3.05) is 19.6 Å². The number of carbonyl (C=O) groups is 1. The van der Waals surface area contributed by atoms with Gasteiger partial charge in [-0.3, -0.25) is 4.79 Å². The quantitative estimate of drug-likeness (QED) is 0.775. The normalized spacial score (nSPS) is 29.4. The summed E-state index contributed by atoms with van der Waals surface area (Å²) < 4.78 is 0. The Balaban J connectivity index is 2.04. The maximum Gasteiger partial charge on any atom is 0.228 e. The summed E-state index contributed by atoms with van der Waals surface area (Å²) in [6.45, 7) is 7.07. The second kappa shape index (κ2) is 4.74. The first-order chi connectivity index (χ1) is 7.68. The highest BCUT2D eigenvalue weighted by Gasteiger charge is 2.42. The van der Waals surface area contributed by atoms with Gasteiger partial charge in [0.05, 0.1) is 0 Å². The van der Waals surface area contributed by atoms with Crippen LogP contribution >= 0.6 is 0 Å². The van der Waals surface area contributed by atoms with Gasteiger partial charge in [-0.2, -0.15) is 0 Å². The van der Waals surface area contributed by atoms with E-state index < -0.39 is 0 Å². The Labute approximate surface area is 98.6 Å². The third kappa shape index (κ3) is 2.10. The molecular formula is C13H24N2O. The number of amides is 1. The Kier molecular flexibility index (Phi) is 3.53. The predicted molar refractivity (Wildman–Crippen MR) is 65.2 cm³/mol. The summed E-state index contributed by atoms with van der Waals surface area (Å²) in [5.41, 5.74) is -0.00292. The van der Waals surface area contributed by atoms with Gasteiger partial charge in [0.1, 0.15) is 0 Å². The van der Waals surface area contributed by atoms with Crippen LogP contribution in [-0.2, 0) is 4.79 Å². The molecule has 3 heteroatoms. The van der Waals surface area contributed by atoms with Crippen LogP contribution in [0.4, 0.5) is 0 Å². The van der Waals surface area contributed by atoms with Crippen LogP contribution in [0.15, 0.2) is 0 Å². The molecule has 0 unspecified atom stereocenters. The first-order valence-corrected chi connectivity index (χ1v) is 6.71. The molecule has 16 heavy (non-hydrogen) atoms. The third-order valence-corrected chi connectivity index (χ3v) is 4.35. The molecule has 1 saturated carbocycles. The summed E-state index contributed by atoms with van der Waals surface area (Å²) in [4.78, 5) is 14.7. The Morgan fingerprint density at radius 1 is 1.44 bits per heavy atom. The van der Waals surface area contributed by atoms with Crippen LogP contribution in [0.25, 0.3) is 0 Å². The molecule has 1 heterocycles. The highest BCUT2D eigenvalue weighted by atomic mass is 16.2. The number of rotatable bonds is 2. The van der Waals surface area contributed by atoms with Gasteiger partial charge in [-0.1, -0.05) is 19.8 Å². The van der Waals surface area contributed by atoms with Gasteiger partial charge in [-0.15, -0.1) is 0 Å². The zero-order chi connectivity index (χ0) is 11.6. The van der Waals surface area contributed by atoms with E-state index in [1.165, 1.54) is 12.8 Å². The fourth-order valence-electron chi connectivity index (χ4n) is 3.22. The van der Waals surface area contributed by atoms with Crippen molar-refractivity contribution in [3.8, 4) is 0 Å². The van der Waals surface area contributed by atoms with E-state index in [-0.39, 0.29) is 5.41 Å². The van der Waals surface area contributed by atoms with E-state index >= 15 is 0 Å². The van der Waals surface area contributed by atoms with Crippen molar-refractivity contribution >= 4 is 5.91 Å². The molecular weight excluding hydrogens is 200 g/mol. The van der Waals surface area contributed by atoms with Crippen molar-refractivity contribution in [1.29, 1.82) is 0 Å². The SMILES string of the molecule is CCC1(C(=O)N2CCN[C@H](C)C2)CCCC1. The molecule has 92 valence electrons. The fourth-order valence-corrected chi connectivity index (χ4v) is 3.22. The highest BCUT2D eigenvalue weighted by molar-refractivity contribution is 5.83. The van der Waals surface area contributed by atoms with Crippen LogP contribution in [0.3, 0.4) is 0 Å². The first-order valence-electron chi connectivity index (χ1n) is 6.71.